The molecular weight excluding hydrogens is 410 g/mol. The Balaban J connectivity index is 1.36. The van der Waals surface area contributed by atoms with Crippen LogP contribution < -0.4 is 15.6 Å². The molecule has 2 bridgehead atoms. The molecule has 3 aromatic rings. The summed E-state index contributed by atoms with van der Waals surface area (Å²) >= 11 is 0. The normalized spacial score (nSPS) is 19.2. The number of aromatic nitrogens is 1. The molecule has 8 nitrogen and oxygen atoms in total. The molecule has 2 amide bonds. The summed E-state index contributed by atoms with van der Waals surface area (Å²) in [4.78, 5) is 40.3. The minimum Gasteiger partial charge on any atom is -0.497 e. The third-order valence-corrected chi connectivity index (χ3v) is 6.22. The molecule has 2 unspecified atom stereocenters. The lowest BCUT2D eigenvalue weighted by atomic mass is 9.83. The number of fused-ring (bicyclic) bond motifs is 4. The zero-order valence-corrected chi connectivity index (χ0v) is 17.6. The van der Waals surface area contributed by atoms with E-state index in [9.17, 15) is 14.4 Å². The van der Waals surface area contributed by atoms with Gasteiger partial charge in [0, 0.05) is 36.8 Å². The summed E-state index contributed by atoms with van der Waals surface area (Å²) in [5.74, 6) is 0.641. The van der Waals surface area contributed by atoms with E-state index in [0.29, 0.717) is 30.9 Å². The molecule has 0 radical (unpaired) electrons. The van der Waals surface area contributed by atoms with E-state index in [0.717, 1.165) is 12.1 Å². The van der Waals surface area contributed by atoms with Gasteiger partial charge in [0.1, 0.15) is 11.4 Å². The summed E-state index contributed by atoms with van der Waals surface area (Å²) < 4.78 is 12.0. The lowest BCUT2D eigenvalue weighted by Gasteiger charge is -2.43. The number of rotatable bonds is 4. The van der Waals surface area contributed by atoms with Crippen LogP contribution in [-0.2, 0) is 6.54 Å². The van der Waals surface area contributed by atoms with Crippen molar-refractivity contribution >= 4 is 17.5 Å². The van der Waals surface area contributed by atoms with Crippen molar-refractivity contribution < 1.29 is 18.7 Å². The topological polar surface area (TPSA) is 93.8 Å². The Labute approximate surface area is 184 Å². The van der Waals surface area contributed by atoms with Gasteiger partial charge in [0.2, 0.25) is 0 Å². The van der Waals surface area contributed by atoms with E-state index in [1.807, 2.05) is 11.0 Å². The number of ether oxygens (including phenoxy) is 1. The molecule has 1 N–H and O–H groups in total. The minimum absolute atomic E-state index is 0.0134. The molecule has 5 rings (SSSR count). The van der Waals surface area contributed by atoms with Gasteiger partial charge in [-0.15, -0.1) is 0 Å². The highest BCUT2D eigenvalue weighted by atomic mass is 16.5. The molecular formula is C24H23N3O5. The lowest BCUT2D eigenvalue weighted by molar-refractivity contribution is 0.0594. The SMILES string of the molecule is COc1ccc(C(=O)N2CC3CC(C2)c2ccc(NC(=O)c4ccco4)c(=O)n2C3)cc1. The Hall–Kier alpha value is -3.81. The van der Waals surface area contributed by atoms with Crippen LogP contribution >= 0.6 is 0 Å². The second-order valence-electron chi connectivity index (χ2n) is 8.26. The molecule has 1 saturated heterocycles. The molecule has 2 aliphatic heterocycles. The van der Waals surface area contributed by atoms with E-state index in [1.54, 1.807) is 54.1 Å². The Morgan fingerprint density at radius 1 is 1.06 bits per heavy atom. The van der Waals surface area contributed by atoms with Gasteiger partial charge in [-0.3, -0.25) is 14.4 Å². The molecule has 164 valence electrons. The molecule has 2 aromatic heterocycles. The van der Waals surface area contributed by atoms with Crippen molar-refractivity contribution in [2.75, 3.05) is 25.5 Å². The highest BCUT2D eigenvalue weighted by Crippen LogP contribution is 2.36. The number of furan rings is 1. The number of likely N-dealkylation sites (tertiary alicyclic amines) is 1. The predicted molar refractivity (Wildman–Crippen MR) is 117 cm³/mol. The second-order valence-corrected chi connectivity index (χ2v) is 8.26. The van der Waals surface area contributed by atoms with Crippen molar-refractivity contribution in [3.63, 3.8) is 0 Å². The van der Waals surface area contributed by atoms with E-state index in [4.69, 9.17) is 9.15 Å². The fraction of sp³-hybridized carbons (Fsp3) is 0.292. The fourth-order valence-electron chi connectivity index (χ4n) is 4.71. The van der Waals surface area contributed by atoms with E-state index in [1.165, 1.54) is 6.26 Å². The number of methoxy groups -OCH3 is 1. The Morgan fingerprint density at radius 2 is 1.88 bits per heavy atom. The van der Waals surface area contributed by atoms with Crippen molar-refractivity contribution in [2.24, 2.45) is 5.92 Å². The van der Waals surface area contributed by atoms with Crippen molar-refractivity contribution in [3.8, 4) is 5.75 Å². The zero-order chi connectivity index (χ0) is 22.2. The Morgan fingerprint density at radius 3 is 2.59 bits per heavy atom. The molecule has 1 aromatic carbocycles. The quantitative estimate of drug-likeness (QED) is 0.683. The summed E-state index contributed by atoms with van der Waals surface area (Å²) in [5, 5.41) is 2.65. The standard InChI is InChI=1S/C24H23N3O5/c1-31-18-6-4-16(5-7-18)23(29)26-12-15-11-17(14-26)20-9-8-19(24(30)27(20)13-15)25-22(28)21-3-2-10-32-21/h2-10,15,17H,11-14H2,1H3,(H,25,28). The maximum Gasteiger partial charge on any atom is 0.291 e. The molecule has 0 spiro atoms. The molecule has 8 heteroatoms. The van der Waals surface area contributed by atoms with Crippen molar-refractivity contribution in [1.29, 1.82) is 0 Å². The maximum absolute atomic E-state index is 13.1. The second kappa shape index (κ2) is 8.03. The number of amides is 2. The van der Waals surface area contributed by atoms with Crippen molar-refractivity contribution in [2.45, 2.75) is 18.9 Å². The fourth-order valence-corrected chi connectivity index (χ4v) is 4.71. The summed E-state index contributed by atoms with van der Waals surface area (Å²) in [7, 11) is 1.59. The average molecular weight is 433 g/mol. The molecule has 2 aliphatic rings. The van der Waals surface area contributed by atoms with Gasteiger partial charge < -0.3 is 23.9 Å². The minimum atomic E-state index is -0.458. The molecule has 2 atom stereocenters. The number of hydrogen-bond acceptors (Lipinski definition) is 5. The van der Waals surface area contributed by atoms with Crippen LogP contribution in [0.1, 0.15) is 38.9 Å². The van der Waals surface area contributed by atoms with Crippen LogP contribution in [0, 0.1) is 5.92 Å². The maximum atomic E-state index is 13.1. The Bertz CT molecular complexity index is 1210. The first kappa shape index (κ1) is 20.1. The van der Waals surface area contributed by atoms with Crippen LogP contribution in [0.3, 0.4) is 0 Å². The molecule has 0 saturated carbocycles. The van der Waals surface area contributed by atoms with Gasteiger partial charge in [-0.25, -0.2) is 0 Å². The first-order valence-corrected chi connectivity index (χ1v) is 10.6. The van der Waals surface area contributed by atoms with Crippen LogP contribution in [-0.4, -0.2) is 41.5 Å². The van der Waals surface area contributed by atoms with Gasteiger partial charge in [-0.2, -0.15) is 0 Å². The highest BCUT2D eigenvalue weighted by molar-refractivity contribution is 6.02. The zero-order valence-electron chi connectivity index (χ0n) is 17.6. The van der Waals surface area contributed by atoms with Crippen molar-refractivity contribution in [1.82, 2.24) is 9.47 Å². The van der Waals surface area contributed by atoms with Gasteiger partial charge in [0.05, 0.1) is 13.4 Å². The van der Waals surface area contributed by atoms with Crippen LogP contribution in [0.25, 0.3) is 0 Å². The monoisotopic (exact) mass is 433 g/mol. The smallest absolute Gasteiger partial charge is 0.291 e. The number of piperidine rings is 1. The third-order valence-electron chi connectivity index (χ3n) is 6.22. The molecule has 32 heavy (non-hydrogen) atoms. The van der Waals surface area contributed by atoms with E-state index in [2.05, 4.69) is 5.32 Å². The van der Waals surface area contributed by atoms with Crippen LogP contribution in [0.15, 0.2) is 64.0 Å². The number of carbonyl (C=O) groups is 2. The van der Waals surface area contributed by atoms with Gasteiger partial charge in [0.15, 0.2) is 5.76 Å². The van der Waals surface area contributed by atoms with Gasteiger partial charge in [-0.05, 0) is 60.9 Å². The Kier molecular flexibility index (Phi) is 5.05. The molecule has 0 aliphatic carbocycles. The lowest BCUT2D eigenvalue weighted by Crippen LogP contribution is -2.49. The number of nitrogens with one attached hydrogen (secondary N) is 1. The van der Waals surface area contributed by atoms with Crippen LogP contribution in [0.5, 0.6) is 5.75 Å². The number of hydrogen-bond donors (Lipinski definition) is 1. The van der Waals surface area contributed by atoms with E-state index in [-0.39, 0.29) is 34.7 Å². The van der Waals surface area contributed by atoms with Gasteiger partial charge in [0.25, 0.3) is 17.4 Å². The van der Waals surface area contributed by atoms with Crippen LogP contribution in [0.4, 0.5) is 5.69 Å². The summed E-state index contributed by atoms with van der Waals surface area (Å²) in [6, 6.07) is 13.8. The number of pyridine rings is 1. The van der Waals surface area contributed by atoms with Crippen LogP contribution in [0.2, 0.25) is 0 Å². The van der Waals surface area contributed by atoms with Gasteiger partial charge in [-0.1, -0.05) is 0 Å². The van der Waals surface area contributed by atoms with Gasteiger partial charge >= 0.3 is 0 Å². The highest BCUT2D eigenvalue weighted by Gasteiger charge is 2.37. The third kappa shape index (κ3) is 3.57. The number of benzene rings is 1. The molecule has 1 fully saturated rings. The molecule has 4 heterocycles. The summed E-state index contributed by atoms with van der Waals surface area (Å²) in [5.41, 5.74) is 1.52. The first-order valence-electron chi connectivity index (χ1n) is 10.6. The number of anilines is 1. The first-order chi connectivity index (χ1) is 15.5. The number of carbonyl (C=O) groups excluding carboxylic acids is 2. The van der Waals surface area contributed by atoms with E-state index < -0.39 is 5.91 Å². The number of nitrogens with zero attached hydrogens (tertiary/aromatic N) is 2. The van der Waals surface area contributed by atoms with E-state index >= 15 is 0 Å². The average Bonchev–Trinajstić information content (AvgIpc) is 3.36. The van der Waals surface area contributed by atoms with Crippen molar-refractivity contribution in [3.05, 3.63) is 82.2 Å². The largest absolute Gasteiger partial charge is 0.497 e. The summed E-state index contributed by atoms with van der Waals surface area (Å²) in [6.07, 6.45) is 2.35. The summed E-state index contributed by atoms with van der Waals surface area (Å²) in [6.45, 7) is 1.66. The predicted octanol–water partition coefficient (Wildman–Crippen LogP) is 2.96.